The Morgan fingerprint density at radius 3 is 2.67 bits per heavy atom. The third-order valence-corrected chi connectivity index (χ3v) is 8.45. The van der Waals surface area contributed by atoms with Crippen LogP contribution in [0, 0.1) is 5.92 Å². The maximum absolute atomic E-state index is 12.4. The highest BCUT2D eigenvalue weighted by Crippen LogP contribution is 2.50. The van der Waals surface area contributed by atoms with Crippen LogP contribution in [0.5, 0.6) is 0 Å². The molecule has 200 valence electrons. The van der Waals surface area contributed by atoms with Gasteiger partial charge < -0.3 is 10.1 Å². The number of amides is 1. The normalized spacial score (nSPS) is 19.6. The monoisotopic (exact) mass is 559 g/mol. The molecule has 5 rings (SSSR count). The highest BCUT2D eigenvalue weighted by molar-refractivity contribution is 7.99. The number of ether oxygens (including phenoxy) is 1. The Kier molecular flexibility index (Phi) is 8.38. The summed E-state index contributed by atoms with van der Waals surface area (Å²) in [6.07, 6.45) is 5.51. The summed E-state index contributed by atoms with van der Waals surface area (Å²) in [7, 11) is 1.39. The lowest BCUT2D eigenvalue weighted by Crippen LogP contribution is -2.29. The minimum Gasteiger partial charge on any atom is -0.465 e. The van der Waals surface area contributed by atoms with E-state index in [4.69, 9.17) is 16.3 Å². The standard InChI is InChI=1S/C31H30ClN3O3S/c1-19(34-35-29(36)18-39-17-20-5-3-6-24(32)15-20)23-13-14-28-27(16-23)25-7-4-8-26(25)30(33-28)21-9-11-22(12-10-21)31(37)38-2/h3-7,9-16,25-26,30,33H,8,17-18H2,1-2H3,(H,35,36)/b34-19-/t25-,26+,30+/m1/s1. The van der Waals surface area contributed by atoms with Crippen molar-refractivity contribution >= 4 is 46.6 Å². The van der Waals surface area contributed by atoms with Crippen LogP contribution in [0.1, 0.15) is 57.9 Å². The first kappa shape index (κ1) is 27.0. The number of hydrogen-bond acceptors (Lipinski definition) is 6. The molecular weight excluding hydrogens is 530 g/mol. The summed E-state index contributed by atoms with van der Waals surface area (Å²) in [5, 5.41) is 8.79. The molecule has 1 amide bonds. The number of anilines is 1. The lowest BCUT2D eigenvalue weighted by atomic mass is 9.76. The van der Waals surface area contributed by atoms with Crippen LogP contribution in [-0.2, 0) is 15.3 Å². The lowest BCUT2D eigenvalue weighted by molar-refractivity contribution is -0.118. The average molecular weight is 560 g/mol. The molecule has 3 aromatic rings. The summed E-state index contributed by atoms with van der Waals surface area (Å²) in [6, 6.07) is 21.7. The molecule has 8 heteroatoms. The number of allylic oxidation sites excluding steroid dienone is 2. The van der Waals surface area contributed by atoms with Gasteiger partial charge in [0, 0.05) is 22.4 Å². The molecule has 1 heterocycles. The number of methoxy groups -OCH3 is 1. The molecule has 3 aromatic carbocycles. The van der Waals surface area contributed by atoms with Crippen LogP contribution in [0.25, 0.3) is 0 Å². The van der Waals surface area contributed by atoms with Crippen LogP contribution < -0.4 is 10.7 Å². The molecule has 6 nitrogen and oxygen atoms in total. The number of carbonyl (C=O) groups is 2. The van der Waals surface area contributed by atoms with Crippen molar-refractivity contribution in [1.29, 1.82) is 0 Å². The van der Waals surface area contributed by atoms with Crippen LogP contribution in [0.3, 0.4) is 0 Å². The van der Waals surface area contributed by atoms with E-state index in [1.807, 2.05) is 61.5 Å². The molecule has 1 aliphatic carbocycles. The van der Waals surface area contributed by atoms with E-state index in [-0.39, 0.29) is 23.8 Å². The molecule has 2 aliphatic rings. The fourth-order valence-electron chi connectivity index (χ4n) is 5.23. The van der Waals surface area contributed by atoms with Gasteiger partial charge in [-0.15, -0.1) is 11.8 Å². The van der Waals surface area contributed by atoms with E-state index in [9.17, 15) is 9.59 Å². The maximum Gasteiger partial charge on any atom is 0.337 e. The SMILES string of the molecule is COC(=O)c1ccc([C@@H]2Nc3ccc(/C(C)=N\NC(=O)CSCc4cccc(Cl)c4)cc3[C@@H]3C=CC[C@@H]32)cc1. The van der Waals surface area contributed by atoms with Crippen LogP contribution in [0.4, 0.5) is 5.69 Å². The Balaban J connectivity index is 1.24. The Morgan fingerprint density at radius 1 is 1.10 bits per heavy atom. The smallest absolute Gasteiger partial charge is 0.337 e. The summed E-state index contributed by atoms with van der Waals surface area (Å²) >= 11 is 7.55. The fraction of sp³-hybridized carbons (Fsp3) is 0.258. The predicted octanol–water partition coefficient (Wildman–Crippen LogP) is 6.73. The lowest BCUT2D eigenvalue weighted by Gasteiger charge is -2.37. The maximum atomic E-state index is 12.4. The number of carbonyl (C=O) groups excluding carboxylic acids is 2. The first-order valence-electron chi connectivity index (χ1n) is 12.8. The molecule has 1 aliphatic heterocycles. The van der Waals surface area contributed by atoms with Crippen LogP contribution in [0.2, 0.25) is 5.02 Å². The summed E-state index contributed by atoms with van der Waals surface area (Å²) < 4.78 is 4.83. The number of nitrogens with zero attached hydrogens (tertiary/aromatic N) is 1. The summed E-state index contributed by atoms with van der Waals surface area (Å²) in [5.74, 6) is 1.19. The molecule has 0 bridgehead atoms. The summed E-state index contributed by atoms with van der Waals surface area (Å²) in [6.45, 7) is 1.91. The van der Waals surface area contributed by atoms with Gasteiger partial charge in [0.1, 0.15) is 0 Å². The third-order valence-electron chi connectivity index (χ3n) is 7.21. The van der Waals surface area contributed by atoms with E-state index in [2.05, 4.69) is 40.1 Å². The molecule has 0 unspecified atom stereocenters. The zero-order chi connectivity index (χ0) is 27.4. The minimum absolute atomic E-state index is 0.133. The van der Waals surface area contributed by atoms with Crippen molar-refractivity contribution < 1.29 is 14.3 Å². The van der Waals surface area contributed by atoms with Gasteiger partial charge >= 0.3 is 5.97 Å². The van der Waals surface area contributed by atoms with E-state index in [1.165, 1.54) is 24.4 Å². The Labute approximate surface area is 237 Å². The molecule has 0 fully saturated rings. The molecule has 39 heavy (non-hydrogen) atoms. The van der Waals surface area contributed by atoms with Crippen LogP contribution in [-0.4, -0.2) is 30.5 Å². The second kappa shape index (κ2) is 12.1. The van der Waals surface area contributed by atoms with Crippen molar-refractivity contribution in [3.05, 3.63) is 112 Å². The number of hydrogen-bond donors (Lipinski definition) is 2. The number of halogens is 1. The van der Waals surface area contributed by atoms with Gasteiger partial charge in [0.25, 0.3) is 0 Å². The van der Waals surface area contributed by atoms with Crippen molar-refractivity contribution in [3.63, 3.8) is 0 Å². The Morgan fingerprint density at radius 2 is 1.90 bits per heavy atom. The molecule has 0 saturated carbocycles. The van der Waals surface area contributed by atoms with Crippen molar-refractivity contribution in [1.82, 2.24) is 5.43 Å². The minimum atomic E-state index is -0.332. The number of nitrogens with one attached hydrogen (secondary N) is 2. The van der Waals surface area contributed by atoms with Gasteiger partial charge in [0.2, 0.25) is 5.91 Å². The number of rotatable bonds is 8. The number of hydrazone groups is 1. The molecule has 0 radical (unpaired) electrons. The van der Waals surface area contributed by atoms with Crippen molar-refractivity contribution in [2.75, 3.05) is 18.2 Å². The summed E-state index contributed by atoms with van der Waals surface area (Å²) in [5.41, 5.74) is 9.51. The van der Waals surface area contributed by atoms with Gasteiger partial charge in [-0.05, 0) is 77.9 Å². The predicted molar refractivity (Wildman–Crippen MR) is 159 cm³/mol. The van der Waals surface area contributed by atoms with E-state index in [0.29, 0.717) is 28.0 Å². The molecule has 3 atom stereocenters. The molecule has 0 saturated heterocycles. The Hall–Kier alpha value is -3.55. The van der Waals surface area contributed by atoms with Crippen molar-refractivity contribution in [3.8, 4) is 0 Å². The van der Waals surface area contributed by atoms with Gasteiger partial charge in [-0.2, -0.15) is 5.10 Å². The molecule has 2 N–H and O–H groups in total. The van der Waals surface area contributed by atoms with Gasteiger partial charge in [-0.3, -0.25) is 4.79 Å². The second-order valence-corrected chi connectivity index (χ2v) is 11.2. The van der Waals surface area contributed by atoms with Crippen molar-refractivity contribution in [2.45, 2.75) is 31.1 Å². The number of benzene rings is 3. The fourth-order valence-corrected chi connectivity index (χ4v) is 6.21. The molecule has 0 spiro atoms. The highest BCUT2D eigenvalue weighted by Gasteiger charge is 2.38. The number of fused-ring (bicyclic) bond motifs is 3. The zero-order valence-electron chi connectivity index (χ0n) is 21.8. The summed E-state index contributed by atoms with van der Waals surface area (Å²) in [4.78, 5) is 24.2. The van der Waals surface area contributed by atoms with Crippen molar-refractivity contribution in [2.24, 2.45) is 11.0 Å². The van der Waals surface area contributed by atoms with E-state index in [0.717, 1.165) is 34.5 Å². The van der Waals surface area contributed by atoms with E-state index in [1.54, 1.807) is 0 Å². The number of thioether (sulfide) groups is 1. The second-order valence-electron chi connectivity index (χ2n) is 9.75. The number of esters is 1. The van der Waals surface area contributed by atoms with Crippen LogP contribution in [0.15, 0.2) is 84.0 Å². The van der Waals surface area contributed by atoms with Gasteiger partial charge in [0.15, 0.2) is 0 Å². The van der Waals surface area contributed by atoms with E-state index < -0.39 is 0 Å². The molecular formula is C31H30ClN3O3S. The third kappa shape index (κ3) is 6.21. The highest BCUT2D eigenvalue weighted by atomic mass is 35.5. The quantitative estimate of drug-likeness (QED) is 0.138. The largest absolute Gasteiger partial charge is 0.465 e. The zero-order valence-corrected chi connectivity index (χ0v) is 23.4. The molecule has 0 aromatic heterocycles. The van der Waals surface area contributed by atoms with E-state index >= 15 is 0 Å². The van der Waals surface area contributed by atoms with Gasteiger partial charge in [-0.1, -0.05) is 54.1 Å². The first-order chi connectivity index (χ1) is 18.9. The van der Waals surface area contributed by atoms with Crippen LogP contribution >= 0.6 is 23.4 Å². The van der Waals surface area contributed by atoms with Gasteiger partial charge in [-0.25, -0.2) is 10.2 Å². The Bertz CT molecular complexity index is 1440. The first-order valence-corrected chi connectivity index (χ1v) is 14.4. The topological polar surface area (TPSA) is 79.8 Å². The average Bonchev–Trinajstić information content (AvgIpc) is 3.45. The van der Waals surface area contributed by atoms with Gasteiger partial charge in [0.05, 0.1) is 30.2 Å².